The van der Waals surface area contributed by atoms with E-state index in [4.69, 9.17) is 9.97 Å². The standard InChI is InChI=1S/C24H20N2.C18H15N.C2H6/c1-2-8-17(9-3-1)20-14-21(23-12-6-4-10-18(23)15-23)26-22(25-20)24-13-7-5-11-19(24)16-24;1-2-8-14(9-3-1)19-17-12-6-4-10-15(17)16-11-5-7-13-18(16)19;1-2/h1-14,18-19H,15-16H2;1-2,4-8,10-13H,3,9H2;1-2H3. The van der Waals surface area contributed by atoms with Crippen LogP contribution in [0.2, 0.25) is 0 Å². The maximum absolute atomic E-state index is 5.15. The molecule has 2 fully saturated rings. The first kappa shape index (κ1) is 29.4. The summed E-state index contributed by atoms with van der Waals surface area (Å²) < 4.78 is 2.41. The normalized spacial score (nSPS) is 25.6. The zero-order chi connectivity index (χ0) is 31.8. The number of hydrogen-bond acceptors (Lipinski definition) is 2. The second-order valence-corrected chi connectivity index (χ2v) is 13.0. The van der Waals surface area contributed by atoms with Crippen LogP contribution in [0.25, 0.3) is 38.8 Å². The molecule has 10 rings (SSSR count). The van der Waals surface area contributed by atoms with Crippen LogP contribution in [0.4, 0.5) is 0 Å². The fraction of sp³-hybridized carbons (Fsp3) is 0.227. The minimum atomic E-state index is 0.0174. The molecular weight excluding hydrogens is 571 g/mol. The molecule has 3 heteroatoms. The molecule has 232 valence electrons. The van der Waals surface area contributed by atoms with E-state index in [-0.39, 0.29) is 10.8 Å². The van der Waals surface area contributed by atoms with Crippen LogP contribution < -0.4 is 0 Å². The second-order valence-electron chi connectivity index (χ2n) is 13.0. The van der Waals surface area contributed by atoms with Gasteiger partial charge in [0.1, 0.15) is 5.82 Å². The van der Waals surface area contributed by atoms with Gasteiger partial charge in [0.05, 0.1) is 27.8 Å². The van der Waals surface area contributed by atoms with Gasteiger partial charge in [-0.1, -0.05) is 141 Å². The quantitative estimate of drug-likeness (QED) is 0.202. The number of rotatable bonds is 4. The van der Waals surface area contributed by atoms with Crippen molar-refractivity contribution in [2.45, 2.75) is 50.4 Å². The molecule has 3 nitrogen and oxygen atoms in total. The highest BCUT2D eigenvalue weighted by Crippen LogP contribution is 2.60. The fourth-order valence-electron chi connectivity index (χ4n) is 7.69. The first-order chi connectivity index (χ1) is 23.3. The summed E-state index contributed by atoms with van der Waals surface area (Å²) in [4.78, 5) is 10.2. The lowest BCUT2D eigenvalue weighted by molar-refractivity contribution is 0.695. The summed E-state index contributed by atoms with van der Waals surface area (Å²) in [5.74, 6) is 2.15. The lowest BCUT2D eigenvalue weighted by atomic mass is 9.92. The molecule has 0 amide bonds. The van der Waals surface area contributed by atoms with E-state index in [1.54, 1.807) is 0 Å². The highest BCUT2D eigenvalue weighted by Gasteiger charge is 2.57. The summed E-state index contributed by atoms with van der Waals surface area (Å²) in [5.41, 5.74) is 7.53. The third-order valence-corrected chi connectivity index (χ3v) is 10.4. The van der Waals surface area contributed by atoms with E-state index in [1.165, 1.54) is 38.8 Å². The fourth-order valence-corrected chi connectivity index (χ4v) is 7.69. The summed E-state index contributed by atoms with van der Waals surface area (Å²) >= 11 is 0. The van der Waals surface area contributed by atoms with Crippen LogP contribution in [0, 0.1) is 11.8 Å². The molecule has 5 aliphatic carbocycles. The van der Waals surface area contributed by atoms with E-state index in [0.717, 1.165) is 37.2 Å². The first-order valence-electron chi connectivity index (χ1n) is 17.3. The van der Waals surface area contributed by atoms with Gasteiger partial charge >= 0.3 is 0 Å². The predicted molar refractivity (Wildman–Crippen MR) is 197 cm³/mol. The van der Waals surface area contributed by atoms with Crippen molar-refractivity contribution in [1.29, 1.82) is 0 Å². The van der Waals surface area contributed by atoms with Crippen molar-refractivity contribution in [2.75, 3.05) is 0 Å². The number of hydrogen-bond donors (Lipinski definition) is 0. The van der Waals surface area contributed by atoms with Crippen molar-refractivity contribution >= 4 is 27.5 Å². The number of para-hydroxylation sites is 2. The molecule has 5 aliphatic rings. The number of allylic oxidation sites excluding steroid dienone is 12. The van der Waals surface area contributed by atoms with E-state index in [1.807, 2.05) is 13.8 Å². The molecule has 4 atom stereocenters. The van der Waals surface area contributed by atoms with Crippen LogP contribution in [0.3, 0.4) is 0 Å². The molecule has 0 N–H and O–H groups in total. The average Bonchev–Trinajstić information content (AvgIpc) is 4.06. The third-order valence-electron chi connectivity index (χ3n) is 10.4. The van der Waals surface area contributed by atoms with E-state index in [2.05, 4.69) is 156 Å². The molecule has 0 aliphatic heterocycles. The van der Waals surface area contributed by atoms with E-state index in [9.17, 15) is 0 Å². The van der Waals surface area contributed by atoms with Crippen LogP contribution in [-0.2, 0) is 10.8 Å². The van der Waals surface area contributed by atoms with Gasteiger partial charge in [0.2, 0.25) is 0 Å². The Kier molecular flexibility index (Phi) is 7.48. The number of nitrogens with zero attached hydrogens (tertiary/aromatic N) is 3. The maximum Gasteiger partial charge on any atom is 0.139 e. The molecule has 0 spiro atoms. The van der Waals surface area contributed by atoms with Crippen molar-refractivity contribution in [3.05, 3.63) is 163 Å². The van der Waals surface area contributed by atoms with Crippen molar-refractivity contribution < 1.29 is 0 Å². The van der Waals surface area contributed by atoms with Crippen LogP contribution in [-0.4, -0.2) is 14.5 Å². The average molecular weight is 612 g/mol. The summed E-state index contributed by atoms with van der Waals surface area (Å²) in [5, 5.41) is 2.68. The zero-order valence-electron chi connectivity index (χ0n) is 27.3. The zero-order valence-corrected chi connectivity index (χ0v) is 27.3. The molecule has 47 heavy (non-hydrogen) atoms. The molecule has 5 aromatic rings. The monoisotopic (exact) mass is 611 g/mol. The maximum atomic E-state index is 5.15. The van der Waals surface area contributed by atoms with Crippen molar-refractivity contribution in [2.24, 2.45) is 11.8 Å². The number of fused-ring (bicyclic) bond motifs is 5. The van der Waals surface area contributed by atoms with Gasteiger partial charge in [0.15, 0.2) is 0 Å². The Morgan fingerprint density at radius 2 is 1.28 bits per heavy atom. The molecule has 0 saturated heterocycles. The summed E-state index contributed by atoms with van der Waals surface area (Å²) in [6, 6.07) is 30.1. The molecule has 3 aromatic carbocycles. The van der Waals surface area contributed by atoms with Gasteiger partial charge in [0, 0.05) is 27.4 Å². The predicted octanol–water partition coefficient (Wildman–Crippen LogP) is 10.9. The van der Waals surface area contributed by atoms with Crippen molar-refractivity contribution in [3.8, 4) is 11.3 Å². The van der Waals surface area contributed by atoms with Crippen LogP contribution in [0.5, 0.6) is 0 Å². The Bertz CT molecular complexity index is 2030. The smallest absolute Gasteiger partial charge is 0.139 e. The number of aromatic nitrogens is 3. The molecular formula is C44H41N3. The molecule has 4 unspecified atom stereocenters. The minimum absolute atomic E-state index is 0.0174. The van der Waals surface area contributed by atoms with Crippen LogP contribution >= 0.6 is 0 Å². The highest BCUT2D eigenvalue weighted by atomic mass is 15.0. The van der Waals surface area contributed by atoms with Crippen molar-refractivity contribution in [3.63, 3.8) is 0 Å². The second kappa shape index (κ2) is 12.0. The Labute approximate surface area is 278 Å². The Balaban J connectivity index is 0.000000137. The molecule has 0 radical (unpaired) electrons. The summed E-state index contributed by atoms with van der Waals surface area (Å²) in [7, 11) is 0. The Hall–Kier alpha value is -5.02. The molecule has 2 heterocycles. The van der Waals surface area contributed by atoms with Crippen LogP contribution in [0.1, 0.15) is 51.0 Å². The van der Waals surface area contributed by atoms with Gasteiger partial charge in [-0.25, -0.2) is 9.97 Å². The Morgan fingerprint density at radius 3 is 1.91 bits per heavy atom. The highest BCUT2D eigenvalue weighted by molar-refractivity contribution is 6.10. The van der Waals surface area contributed by atoms with Gasteiger partial charge in [0.25, 0.3) is 0 Å². The molecule has 2 aromatic heterocycles. The topological polar surface area (TPSA) is 30.7 Å². The lowest BCUT2D eigenvalue weighted by Gasteiger charge is -2.19. The largest absolute Gasteiger partial charge is 0.313 e. The van der Waals surface area contributed by atoms with Gasteiger partial charge in [-0.15, -0.1) is 0 Å². The first-order valence-corrected chi connectivity index (χ1v) is 17.3. The van der Waals surface area contributed by atoms with Gasteiger partial charge in [-0.05, 0) is 61.8 Å². The minimum Gasteiger partial charge on any atom is -0.313 e. The van der Waals surface area contributed by atoms with Crippen LogP contribution in [0.15, 0.2) is 152 Å². The molecule has 2 saturated carbocycles. The number of benzene rings is 3. The van der Waals surface area contributed by atoms with E-state index in [0.29, 0.717) is 11.8 Å². The van der Waals surface area contributed by atoms with Gasteiger partial charge < -0.3 is 4.57 Å². The SMILES string of the molecule is C1=CC2CC2(c2cc(-c3ccccc3)nc(C34C=CC=CC3C4)n2)C=C1.C1=CCCC(n2c3ccccc3c3ccccc32)=C1.CC. The molecule has 0 bridgehead atoms. The third kappa shape index (κ3) is 5.06. The van der Waals surface area contributed by atoms with E-state index < -0.39 is 0 Å². The van der Waals surface area contributed by atoms with Gasteiger partial charge in [-0.2, -0.15) is 0 Å². The Morgan fingerprint density at radius 1 is 0.660 bits per heavy atom. The van der Waals surface area contributed by atoms with Gasteiger partial charge in [-0.3, -0.25) is 0 Å². The van der Waals surface area contributed by atoms with Crippen molar-refractivity contribution in [1.82, 2.24) is 14.5 Å². The summed E-state index contributed by atoms with van der Waals surface area (Å²) in [6.45, 7) is 4.00. The summed E-state index contributed by atoms with van der Waals surface area (Å²) in [6.07, 6.45) is 29.1. The lowest BCUT2D eigenvalue weighted by Crippen LogP contribution is -2.18. The van der Waals surface area contributed by atoms with E-state index >= 15 is 0 Å².